The first-order valence-corrected chi connectivity index (χ1v) is 11.1. The van der Waals surface area contributed by atoms with Gasteiger partial charge in [0.1, 0.15) is 21.6 Å². The van der Waals surface area contributed by atoms with Gasteiger partial charge in [-0.1, -0.05) is 30.3 Å². The number of pyridine rings is 1. The molecule has 0 aliphatic heterocycles. The largest absolute Gasteiger partial charge is 0.497 e. The zero-order chi connectivity index (χ0) is 20.9. The van der Waals surface area contributed by atoms with Gasteiger partial charge in [0.15, 0.2) is 0 Å². The van der Waals surface area contributed by atoms with Gasteiger partial charge in [0, 0.05) is 11.1 Å². The standard InChI is InChI=1S/C25H19N3O2S/c1-30-17-12-10-15(11-13-17)20-18-8-5-9-19(18)27-24-21(20)22-23(31-24)25(29)28(14-26-22)16-6-3-2-4-7-16/h2-4,6-7,10-14H,5,8-9H2,1H3. The van der Waals surface area contributed by atoms with Crippen LogP contribution in [0, 0.1) is 0 Å². The van der Waals surface area contributed by atoms with E-state index in [4.69, 9.17) is 14.7 Å². The Morgan fingerprint density at radius 1 is 1.03 bits per heavy atom. The number of ether oxygens (including phenoxy) is 1. The summed E-state index contributed by atoms with van der Waals surface area (Å²) in [4.78, 5) is 24.0. The van der Waals surface area contributed by atoms with Crippen LogP contribution in [-0.2, 0) is 12.8 Å². The maximum Gasteiger partial charge on any atom is 0.275 e. The van der Waals surface area contributed by atoms with E-state index in [0.29, 0.717) is 4.70 Å². The maximum atomic E-state index is 13.4. The molecule has 0 atom stereocenters. The zero-order valence-electron chi connectivity index (χ0n) is 17.0. The van der Waals surface area contributed by atoms with Crippen LogP contribution >= 0.6 is 11.3 Å². The van der Waals surface area contributed by atoms with Crippen molar-refractivity contribution in [1.82, 2.24) is 14.5 Å². The highest BCUT2D eigenvalue weighted by Crippen LogP contribution is 2.42. The molecule has 0 N–H and O–H groups in total. The molecule has 5 aromatic rings. The number of nitrogens with zero attached hydrogens (tertiary/aromatic N) is 3. The number of rotatable bonds is 3. The first-order valence-electron chi connectivity index (χ1n) is 10.3. The van der Waals surface area contributed by atoms with Crippen LogP contribution in [0.3, 0.4) is 0 Å². The molecule has 3 aromatic heterocycles. The Morgan fingerprint density at radius 2 is 1.84 bits per heavy atom. The summed E-state index contributed by atoms with van der Waals surface area (Å²) in [6.07, 6.45) is 4.72. The van der Waals surface area contributed by atoms with Crippen LogP contribution in [0.15, 0.2) is 65.7 Å². The van der Waals surface area contributed by atoms with Gasteiger partial charge in [0.25, 0.3) is 5.56 Å². The second-order valence-electron chi connectivity index (χ2n) is 7.71. The van der Waals surface area contributed by atoms with E-state index < -0.39 is 0 Å². The minimum atomic E-state index is -0.0555. The van der Waals surface area contributed by atoms with Crippen LogP contribution in [0.2, 0.25) is 0 Å². The van der Waals surface area contributed by atoms with Crippen molar-refractivity contribution >= 4 is 31.8 Å². The molecule has 0 radical (unpaired) electrons. The molecule has 0 bridgehead atoms. The average Bonchev–Trinajstić information content (AvgIpc) is 3.43. The third-order valence-electron chi connectivity index (χ3n) is 5.97. The fourth-order valence-electron chi connectivity index (χ4n) is 4.50. The second kappa shape index (κ2) is 7.03. The van der Waals surface area contributed by atoms with Gasteiger partial charge >= 0.3 is 0 Å². The highest BCUT2D eigenvalue weighted by Gasteiger charge is 2.25. The molecule has 1 aliphatic rings. The van der Waals surface area contributed by atoms with E-state index in [9.17, 15) is 4.79 Å². The number of para-hydroxylation sites is 1. The van der Waals surface area contributed by atoms with Gasteiger partial charge in [0.05, 0.1) is 18.3 Å². The molecular formula is C25H19N3O2S. The molecule has 0 saturated heterocycles. The normalized spacial score (nSPS) is 13.1. The van der Waals surface area contributed by atoms with Gasteiger partial charge in [-0.3, -0.25) is 9.36 Å². The predicted molar refractivity (Wildman–Crippen MR) is 125 cm³/mol. The number of aryl methyl sites for hydroxylation is 1. The molecule has 6 heteroatoms. The van der Waals surface area contributed by atoms with Gasteiger partial charge in [-0.25, -0.2) is 9.97 Å². The number of aromatic nitrogens is 3. The van der Waals surface area contributed by atoms with E-state index >= 15 is 0 Å². The molecule has 3 heterocycles. The smallest absolute Gasteiger partial charge is 0.275 e. The van der Waals surface area contributed by atoms with Crippen LogP contribution in [0.1, 0.15) is 17.7 Å². The molecular weight excluding hydrogens is 406 g/mol. The number of benzene rings is 2. The highest BCUT2D eigenvalue weighted by atomic mass is 32.1. The molecule has 1 aliphatic carbocycles. The summed E-state index contributed by atoms with van der Waals surface area (Å²) in [5.41, 5.74) is 6.20. The van der Waals surface area contributed by atoms with Crippen LogP contribution in [0.25, 0.3) is 37.2 Å². The number of thiophene rings is 1. The predicted octanol–water partition coefficient (Wildman–Crippen LogP) is 5.16. The number of fused-ring (bicyclic) bond motifs is 4. The molecule has 0 spiro atoms. The average molecular weight is 426 g/mol. The highest BCUT2D eigenvalue weighted by molar-refractivity contribution is 7.25. The summed E-state index contributed by atoms with van der Waals surface area (Å²) in [6.45, 7) is 0. The zero-order valence-corrected chi connectivity index (χ0v) is 17.8. The monoisotopic (exact) mass is 425 g/mol. The molecule has 0 fully saturated rings. The van der Waals surface area contributed by atoms with Crippen LogP contribution in [-0.4, -0.2) is 21.6 Å². The van der Waals surface area contributed by atoms with Crippen LogP contribution < -0.4 is 10.3 Å². The number of hydrogen-bond acceptors (Lipinski definition) is 5. The van der Waals surface area contributed by atoms with E-state index in [1.54, 1.807) is 18.0 Å². The molecule has 0 amide bonds. The van der Waals surface area contributed by atoms with Crippen molar-refractivity contribution in [1.29, 1.82) is 0 Å². The van der Waals surface area contributed by atoms with Crippen molar-refractivity contribution in [3.8, 4) is 22.6 Å². The van der Waals surface area contributed by atoms with Gasteiger partial charge in [0.2, 0.25) is 0 Å². The second-order valence-corrected chi connectivity index (χ2v) is 8.71. The Labute approximate surface area is 182 Å². The molecule has 152 valence electrons. The van der Waals surface area contributed by atoms with Crippen molar-refractivity contribution in [2.45, 2.75) is 19.3 Å². The Kier molecular flexibility index (Phi) is 4.14. The van der Waals surface area contributed by atoms with E-state index in [2.05, 4.69) is 12.1 Å². The summed E-state index contributed by atoms with van der Waals surface area (Å²) in [5.74, 6) is 0.824. The fraction of sp³-hybridized carbons (Fsp3) is 0.160. The maximum absolute atomic E-state index is 13.4. The first kappa shape index (κ1) is 18.3. The molecule has 0 saturated carbocycles. The number of methoxy groups -OCH3 is 1. The topological polar surface area (TPSA) is 57.0 Å². The van der Waals surface area contributed by atoms with Gasteiger partial charge in [-0.2, -0.15) is 0 Å². The Morgan fingerprint density at radius 3 is 2.61 bits per heavy atom. The van der Waals surface area contributed by atoms with Crippen molar-refractivity contribution < 1.29 is 4.74 Å². The van der Waals surface area contributed by atoms with E-state index in [-0.39, 0.29) is 5.56 Å². The molecule has 31 heavy (non-hydrogen) atoms. The molecule has 0 unspecified atom stereocenters. The van der Waals surface area contributed by atoms with Crippen molar-refractivity contribution in [2.24, 2.45) is 0 Å². The first-order chi connectivity index (χ1) is 15.2. The van der Waals surface area contributed by atoms with Crippen molar-refractivity contribution in [2.75, 3.05) is 7.11 Å². The van der Waals surface area contributed by atoms with Gasteiger partial charge in [-0.05, 0) is 60.2 Å². The number of hydrogen-bond donors (Lipinski definition) is 0. The third-order valence-corrected chi connectivity index (χ3v) is 7.03. The molecule has 5 nitrogen and oxygen atoms in total. The summed E-state index contributed by atoms with van der Waals surface area (Å²) in [6, 6.07) is 17.7. The Hall–Kier alpha value is -3.51. The Bertz CT molecular complexity index is 1500. The van der Waals surface area contributed by atoms with E-state index in [1.807, 2.05) is 42.5 Å². The quantitative estimate of drug-likeness (QED) is 0.401. The minimum absolute atomic E-state index is 0.0555. The lowest BCUT2D eigenvalue weighted by molar-refractivity contribution is 0.415. The molecule has 2 aromatic carbocycles. The third kappa shape index (κ3) is 2.79. The summed E-state index contributed by atoms with van der Waals surface area (Å²) >= 11 is 1.45. The summed E-state index contributed by atoms with van der Waals surface area (Å²) < 4.78 is 7.60. The summed E-state index contributed by atoms with van der Waals surface area (Å²) in [7, 11) is 1.67. The lowest BCUT2D eigenvalue weighted by Gasteiger charge is -2.11. The fourth-order valence-corrected chi connectivity index (χ4v) is 5.59. The Balaban J connectivity index is 1.68. The van der Waals surface area contributed by atoms with Crippen LogP contribution in [0.5, 0.6) is 5.75 Å². The van der Waals surface area contributed by atoms with Gasteiger partial charge in [-0.15, -0.1) is 11.3 Å². The lowest BCUT2D eigenvalue weighted by atomic mass is 9.96. The summed E-state index contributed by atoms with van der Waals surface area (Å²) in [5, 5.41) is 0.989. The van der Waals surface area contributed by atoms with Crippen molar-refractivity contribution in [3.05, 3.63) is 82.5 Å². The molecule has 6 rings (SSSR count). The van der Waals surface area contributed by atoms with Crippen LogP contribution in [0.4, 0.5) is 0 Å². The van der Waals surface area contributed by atoms with Gasteiger partial charge < -0.3 is 4.74 Å². The SMILES string of the molecule is COc1ccc(-c2c3c(nc4sc5c(=O)n(-c6ccccc6)cnc5c24)CCC3)cc1. The van der Waals surface area contributed by atoms with E-state index in [0.717, 1.165) is 63.3 Å². The van der Waals surface area contributed by atoms with Crippen molar-refractivity contribution in [3.63, 3.8) is 0 Å². The minimum Gasteiger partial charge on any atom is -0.497 e. The lowest BCUT2D eigenvalue weighted by Crippen LogP contribution is -2.17. The van der Waals surface area contributed by atoms with E-state index in [1.165, 1.54) is 16.9 Å².